The SMILES string of the molecule is Cc1c(F)cc(OC(F)(F)c2c(F)cc(-c3c(F)cc(-c4ccc(F)cc4)cc3F)cc2F)cc1F.Cc1c(F)cc(OC(F)(F)c2c(F)cc(Br)cc2F)cc1F.Cc1ccc(F)cc1.Fc1cc(F)cc(Br)c1.Fc1ccc(-c2cc(F)cc(F)c2)cc1.OB(O)c1c(F)cc(-c2ccc(F)cc2)cc1F. The maximum absolute atomic E-state index is 14.8. The van der Waals surface area contributed by atoms with Crippen molar-refractivity contribution >= 4 is 44.4 Å². The van der Waals surface area contributed by atoms with E-state index >= 15 is 0 Å². The topological polar surface area (TPSA) is 58.9 Å². The van der Waals surface area contributed by atoms with Crippen LogP contribution in [0.4, 0.5) is 105 Å². The number of ether oxygens (including phenoxy) is 2. The van der Waals surface area contributed by atoms with Gasteiger partial charge in [0.25, 0.3) is 0 Å². The summed E-state index contributed by atoms with van der Waals surface area (Å²) in [5.74, 6) is -22.3. The number of halogens is 26. The van der Waals surface area contributed by atoms with Crippen molar-refractivity contribution in [1.82, 2.24) is 0 Å². The molecule has 0 aliphatic carbocycles. The van der Waals surface area contributed by atoms with Gasteiger partial charge in [-0.05, 0) is 181 Å². The Hall–Kier alpha value is -10.5. The molecule has 0 atom stereocenters. The van der Waals surface area contributed by atoms with Gasteiger partial charge in [-0.25, -0.2) is 87.8 Å². The molecule has 108 heavy (non-hydrogen) atoms. The van der Waals surface area contributed by atoms with Crippen LogP contribution in [-0.2, 0) is 12.2 Å². The highest BCUT2D eigenvalue weighted by atomic mass is 79.9. The highest BCUT2D eigenvalue weighted by molar-refractivity contribution is 9.10. The van der Waals surface area contributed by atoms with Crippen LogP contribution in [0.5, 0.6) is 11.5 Å². The Labute approximate surface area is 614 Å². The van der Waals surface area contributed by atoms with E-state index in [9.17, 15) is 105 Å². The summed E-state index contributed by atoms with van der Waals surface area (Å²) in [5.41, 5.74) is -4.00. The van der Waals surface area contributed by atoms with Gasteiger partial charge in [0.05, 0.1) is 11.0 Å². The predicted octanol–water partition coefficient (Wildman–Crippen LogP) is 24.0. The zero-order valence-electron chi connectivity index (χ0n) is 54.7. The Morgan fingerprint density at radius 3 is 0.824 bits per heavy atom. The van der Waals surface area contributed by atoms with Crippen LogP contribution in [0.25, 0.3) is 44.5 Å². The van der Waals surface area contributed by atoms with Gasteiger partial charge in [-0.1, -0.05) is 86.0 Å². The van der Waals surface area contributed by atoms with Gasteiger partial charge < -0.3 is 19.5 Å². The lowest BCUT2D eigenvalue weighted by Gasteiger charge is -2.20. The second kappa shape index (κ2) is 36.9. The van der Waals surface area contributed by atoms with Crippen LogP contribution in [0.15, 0.2) is 215 Å². The van der Waals surface area contributed by atoms with E-state index in [1.165, 1.54) is 97.1 Å². The highest BCUT2D eigenvalue weighted by Gasteiger charge is 2.43. The fraction of sp³-hybridized carbons (Fsp3) is 0.0649. The molecule has 12 rings (SSSR count). The largest absolute Gasteiger partial charge is 0.494 e. The monoisotopic (exact) mass is 1660 g/mol. The number of benzene rings is 12. The second-order valence-electron chi connectivity index (χ2n) is 22.4. The third kappa shape index (κ3) is 23.3. The van der Waals surface area contributed by atoms with Crippen LogP contribution < -0.4 is 14.9 Å². The maximum atomic E-state index is 14.8. The Morgan fingerprint density at radius 2 is 0.528 bits per heavy atom. The molecule has 0 bridgehead atoms. The normalized spacial score (nSPS) is 10.9. The number of hydrogen-bond donors (Lipinski definition) is 2. The molecule has 0 unspecified atom stereocenters. The number of hydrogen-bond acceptors (Lipinski definition) is 4. The van der Waals surface area contributed by atoms with E-state index in [4.69, 9.17) is 10.0 Å². The Morgan fingerprint density at radius 1 is 0.269 bits per heavy atom. The number of aryl methyl sites for hydroxylation is 1. The van der Waals surface area contributed by atoms with Crippen molar-refractivity contribution in [2.75, 3.05) is 0 Å². The van der Waals surface area contributed by atoms with Crippen LogP contribution >= 0.6 is 31.9 Å². The first-order chi connectivity index (χ1) is 50.6. The molecule has 12 aromatic rings. The van der Waals surface area contributed by atoms with Gasteiger partial charge in [0, 0.05) is 56.5 Å². The lowest BCUT2D eigenvalue weighted by molar-refractivity contribution is -0.190. The summed E-state index contributed by atoms with van der Waals surface area (Å²) in [6.45, 7) is 4.06. The van der Waals surface area contributed by atoms with Gasteiger partial charge in [0.1, 0.15) is 139 Å². The summed E-state index contributed by atoms with van der Waals surface area (Å²) in [6.07, 6.45) is -9.20. The summed E-state index contributed by atoms with van der Waals surface area (Å²) in [5, 5.41) is 17.6. The fourth-order valence-electron chi connectivity index (χ4n) is 9.29. The smallest absolute Gasteiger partial charge is 0.429 e. The number of alkyl halides is 4. The lowest BCUT2D eigenvalue weighted by atomic mass is 9.78. The minimum Gasteiger partial charge on any atom is -0.429 e. The quantitative estimate of drug-likeness (QED) is 0.100. The zero-order chi connectivity index (χ0) is 80.0. The molecule has 0 aliphatic rings. The van der Waals surface area contributed by atoms with Crippen LogP contribution in [0.1, 0.15) is 27.8 Å². The summed E-state index contributed by atoms with van der Waals surface area (Å²) < 4.78 is 333. The van der Waals surface area contributed by atoms with Gasteiger partial charge in [-0.15, -0.1) is 0 Å². The third-order valence-electron chi connectivity index (χ3n) is 14.5. The third-order valence-corrected chi connectivity index (χ3v) is 15.4. The van der Waals surface area contributed by atoms with E-state index in [0.29, 0.717) is 57.6 Å². The Bertz CT molecular complexity index is 4920. The molecule has 0 amide bonds. The standard InChI is InChI=1S/C26H13F9O.C14H7BrF6O.C12H8BF3O2.C12H7F3.C7H7F.C6H3BrF2/c1-12-18(28)10-17(11-19(12)29)36-26(34,35)25-22(32)8-15(9-23(25)33)24-20(30)6-14(7-21(24)31)13-2-4-16(27)5-3-13;1-6-9(16)4-8(5-10(6)17)22-14(20,21)13-11(18)2-7(15)3-12(13)19;14-9-3-1-7(2-4-9)8-5-10(15)12(13(17)18)11(16)6-8;13-10-3-1-8(2-4-10)9-5-11(14)7-12(15)6-9;1-6-2-4-7(8)5-3-6;7-4-1-5(8)3-6(9)2-4/h2-11H,1H3;2-5H,1H3;1-6,17-18H;1-7H;2-5H,1H3;1-3H. The van der Waals surface area contributed by atoms with E-state index in [1.54, 1.807) is 12.1 Å². The molecule has 31 heteroatoms. The molecule has 0 saturated carbocycles. The van der Waals surface area contributed by atoms with E-state index in [2.05, 4.69) is 41.3 Å². The van der Waals surface area contributed by atoms with Crippen molar-refractivity contribution in [3.63, 3.8) is 0 Å². The van der Waals surface area contributed by atoms with Gasteiger partial charge in [-0.3, -0.25) is 0 Å². The molecule has 562 valence electrons. The van der Waals surface area contributed by atoms with E-state index < -0.39 is 174 Å². The van der Waals surface area contributed by atoms with E-state index in [-0.39, 0.29) is 44.9 Å². The summed E-state index contributed by atoms with van der Waals surface area (Å²) in [4.78, 5) is 0. The molecule has 0 aromatic heterocycles. The number of rotatable bonds is 11. The summed E-state index contributed by atoms with van der Waals surface area (Å²) in [6, 6.07) is 35.2. The van der Waals surface area contributed by atoms with Crippen molar-refractivity contribution < 1.29 is 125 Å². The van der Waals surface area contributed by atoms with Gasteiger partial charge in [0.2, 0.25) is 0 Å². The first kappa shape index (κ1) is 84.8. The van der Waals surface area contributed by atoms with Crippen LogP contribution in [0.2, 0.25) is 0 Å². The highest BCUT2D eigenvalue weighted by Crippen LogP contribution is 2.41. The van der Waals surface area contributed by atoms with E-state index in [1.807, 2.05) is 6.92 Å². The Kier molecular flexibility index (Phi) is 28.9. The first-order valence-electron chi connectivity index (χ1n) is 30.2. The van der Waals surface area contributed by atoms with Crippen molar-refractivity contribution in [3.05, 3.63) is 359 Å². The summed E-state index contributed by atoms with van der Waals surface area (Å²) >= 11 is 5.68. The predicted molar refractivity (Wildman–Crippen MR) is 361 cm³/mol. The zero-order valence-corrected chi connectivity index (χ0v) is 57.9. The van der Waals surface area contributed by atoms with Crippen molar-refractivity contribution in [1.29, 1.82) is 0 Å². The molecule has 0 heterocycles. The molecule has 0 fully saturated rings. The second-order valence-corrected chi connectivity index (χ2v) is 24.3. The van der Waals surface area contributed by atoms with Crippen molar-refractivity contribution in [2.24, 2.45) is 0 Å². The minimum atomic E-state index is -4.75. The lowest BCUT2D eigenvalue weighted by Crippen LogP contribution is -2.35. The first-order valence-corrected chi connectivity index (χ1v) is 31.8. The van der Waals surface area contributed by atoms with Gasteiger partial charge in [-0.2, -0.15) is 17.6 Å². The molecule has 0 saturated heterocycles. The molecule has 4 nitrogen and oxygen atoms in total. The molecule has 12 aromatic carbocycles. The minimum absolute atomic E-state index is 0.0104. The molecule has 0 radical (unpaired) electrons. The average molecular weight is 1660 g/mol. The van der Waals surface area contributed by atoms with E-state index in [0.717, 1.165) is 67.9 Å². The Balaban J connectivity index is 0.000000194. The maximum Gasteiger partial charge on any atom is 0.494 e. The molecular weight excluding hydrogens is 1620 g/mol. The fourth-order valence-corrected chi connectivity index (χ4v) is 10.1. The van der Waals surface area contributed by atoms with Crippen molar-refractivity contribution in [2.45, 2.75) is 33.0 Å². The summed E-state index contributed by atoms with van der Waals surface area (Å²) in [7, 11) is -2.22. The molecular formula is C77H45BBr2F24O4. The molecule has 0 aliphatic heterocycles. The van der Waals surface area contributed by atoms with Crippen LogP contribution in [0, 0.1) is 137 Å². The van der Waals surface area contributed by atoms with Crippen molar-refractivity contribution in [3.8, 4) is 56.0 Å². The molecule has 0 spiro atoms. The molecule has 2 N–H and O–H groups in total. The van der Waals surface area contributed by atoms with Crippen LogP contribution in [0.3, 0.4) is 0 Å². The average Bonchev–Trinajstić information content (AvgIpc) is 0.775. The van der Waals surface area contributed by atoms with Gasteiger partial charge in [0.15, 0.2) is 0 Å². The van der Waals surface area contributed by atoms with Gasteiger partial charge >= 0.3 is 19.3 Å². The van der Waals surface area contributed by atoms with Crippen LogP contribution in [-0.4, -0.2) is 17.2 Å².